The second kappa shape index (κ2) is 22.6. The molecule has 1 aromatic carbocycles. The second-order valence-corrected chi connectivity index (χ2v) is 14.3. The van der Waals surface area contributed by atoms with Crippen LogP contribution in [0.2, 0.25) is 0 Å². The van der Waals surface area contributed by atoms with Crippen molar-refractivity contribution in [2.45, 2.75) is 135 Å². The minimum atomic E-state index is -0.209. The van der Waals surface area contributed by atoms with Crippen LogP contribution in [0.5, 0.6) is 0 Å². The average Bonchev–Trinajstić information content (AvgIpc) is 3.63. The van der Waals surface area contributed by atoms with Crippen molar-refractivity contribution >= 4 is 11.9 Å². The first kappa shape index (κ1) is 39.8. The highest BCUT2D eigenvalue weighted by molar-refractivity contribution is 5.95. The van der Waals surface area contributed by atoms with E-state index in [-0.39, 0.29) is 24.6 Å². The largest absolute Gasteiger partial charge is 0.442 e. The van der Waals surface area contributed by atoms with E-state index in [0.717, 1.165) is 59.5 Å². The molecule has 9 nitrogen and oxygen atoms in total. The van der Waals surface area contributed by atoms with Crippen molar-refractivity contribution in [3.05, 3.63) is 78.8 Å². The van der Waals surface area contributed by atoms with Gasteiger partial charge in [-0.25, -0.2) is 4.68 Å². The molecule has 1 aliphatic heterocycles. The van der Waals surface area contributed by atoms with Crippen LogP contribution in [0.4, 0.5) is 0 Å². The van der Waals surface area contributed by atoms with E-state index in [0.29, 0.717) is 25.2 Å². The number of nitrogens with zero attached hydrogens (tertiary/aromatic N) is 4. The zero-order valence-electron chi connectivity index (χ0n) is 31.8. The number of carbonyl (C=O) groups excluding carboxylic acids is 2. The minimum absolute atomic E-state index is 0.0127. The summed E-state index contributed by atoms with van der Waals surface area (Å²) in [6.07, 6.45) is 26.7. The fraction of sp³-hybridized carbons (Fsp3) is 0.523. The fourth-order valence-corrected chi connectivity index (χ4v) is 6.97. The summed E-state index contributed by atoms with van der Waals surface area (Å²) in [5.74, 6) is -0.284. The van der Waals surface area contributed by atoms with Gasteiger partial charge in [0.15, 0.2) is 6.73 Å². The van der Waals surface area contributed by atoms with Crippen LogP contribution in [0.3, 0.4) is 0 Å². The summed E-state index contributed by atoms with van der Waals surface area (Å²) in [4.78, 5) is 34.8. The van der Waals surface area contributed by atoms with E-state index >= 15 is 0 Å². The number of hydrogen-bond acceptors (Lipinski definition) is 7. The molecule has 1 amide bonds. The molecule has 3 aromatic heterocycles. The predicted octanol–water partition coefficient (Wildman–Crippen LogP) is 10.3. The number of rotatable bonds is 23. The van der Waals surface area contributed by atoms with Gasteiger partial charge in [0.2, 0.25) is 0 Å². The highest BCUT2D eigenvalue weighted by Gasteiger charge is 2.19. The summed E-state index contributed by atoms with van der Waals surface area (Å²) >= 11 is 0. The zero-order chi connectivity index (χ0) is 36.9. The first-order valence-corrected chi connectivity index (χ1v) is 20.2. The van der Waals surface area contributed by atoms with Crippen molar-refractivity contribution in [3.8, 4) is 33.8 Å². The van der Waals surface area contributed by atoms with Gasteiger partial charge in [0.1, 0.15) is 0 Å². The Morgan fingerprint density at radius 1 is 0.755 bits per heavy atom. The number of unbranched alkanes of at least 4 members (excludes halogenated alkanes) is 14. The Bertz CT molecular complexity index is 1650. The molecule has 284 valence electrons. The predicted molar refractivity (Wildman–Crippen MR) is 211 cm³/mol. The molecule has 4 heterocycles. The summed E-state index contributed by atoms with van der Waals surface area (Å²) in [7, 11) is 0. The first-order chi connectivity index (χ1) is 26.1. The Labute approximate surface area is 316 Å². The number of pyridine rings is 2. The summed E-state index contributed by atoms with van der Waals surface area (Å²) in [6.45, 7) is 3.64. The van der Waals surface area contributed by atoms with Gasteiger partial charge in [0.05, 0.1) is 23.3 Å². The quantitative estimate of drug-likeness (QED) is 0.0600. The van der Waals surface area contributed by atoms with Gasteiger partial charge < -0.3 is 14.8 Å². The molecule has 0 atom stereocenters. The molecule has 0 spiro atoms. The van der Waals surface area contributed by atoms with Crippen molar-refractivity contribution in [3.63, 3.8) is 0 Å². The van der Waals surface area contributed by atoms with Crippen LogP contribution in [0.1, 0.15) is 133 Å². The standard InChI is InChI=1S/C44H59N5O4/c1-2-3-4-5-6-7-8-9-10-11-12-13-14-15-16-20-42(50)53-34-49-43(40-19-17-18-28-45-40)39(33-47-49)37-25-29-46-41(32-37)35-21-23-36(24-22-35)44(51)48-38-26-30-52-31-27-38/h17-19,21-25,28-29,32-33,38H,2-16,20,26-27,30-31,34H2,1H3,(H,48,51). The lowest BCUT2D eigenvalue weighted by molar-refractivity contribution is -0.148. The Hall–Kier alpha value is -4.37. The highest BCUT2D eigenvalue weighted by Crippen LogP contribution is 2.33. The Morgan fingerprint density at radius 2 is 1.40 bits per heavy atom. The maximum Gasteiger partial charge on any atom is 0.307 e. The molecule has 4 aromatic rings. The number of benzene rings is 1. The molecule has 0 radical (unpaired) electrons. The number of nitrogens with one attached hydrogen (secondary N) is 1. The van der Waals surface area contributed by atoms with Gasteiger partial charge in [-0.3, -0.25) is 19.6 Å². The number of carbonyl (C=O) groups is 2. The van der Waals surface area contributed by atoms with E-state index in [2.05, 4.69) is 27.3 Å². The number of aromatic nitrogens is 4. The van der Waals surface area contributed by atoms with Gasteiger partial charge in [-0.05, 0) is 61.2 Å². The van der Waals surface area contributed by atoms with Crippen molar-refractivity contribution in [2.24, 2.45) is 0 Å². The number of hydrogen-bond donors (Lipinski definition) is 1. The fourth-order valence-electron chi connectivity index (χ4n) is 6.97. The van der Waals surface area contributed by atoms with Gasteiger partial charge in [-0.2, -0.15) is 5.10 Å². The Morgan fingerprint density at radius 3 is 2.04 bits per heavy atom. The van der Waals surface area contributed by atoms with E-state index in [9.17, 15) is 9.59 Å². The molecule has 1 N–H and O–H groups in total. The van der Waals surface area contributed by atoms with E-state index < -0.39 is 0 Å². The van der Waals surface area contributed by atoms with Crippen molar-refractivity contribution < 1.29 is 19.1 Å². The second-order valence-electron chi connectivity index (χ2n) is 14.3. The Balaban J connectivity index is 1.08. The third-order valence-electron chi connectivity index (χ3n) is 10.1. The monoisotopic (exact) mass is 721 g/mol. The van der Waals surface area contributed by atoms with Gasteiger partial charge in [0.25, 0.3) is 5.91 Å². The van der Waals surface area contributed by atoms with Crippen LogP contribution < -0.4 is 5.32 Å². The van der Waals surface area contributed by atoms with Crippen LogP contribution in [0.25, 0.3) is 33.8 Å². The maximum absolute atomic E-state index is 12.8. The summed E-state index contributed by atoms with van der Waals surface area (Å²) in [5.41, 5.74) is 5.55. The minimum Gasteiger partial charge on any atom is -0.442 e. The summed E-state index contributed by atoms with van der Waals surface area (Å²) < 4.78 is 12.8. The van der Waals surface area contributed by atoms with Crippen LogP contribution in [-0.4, -0.2) is 50.9 Å². The lowest BCUT2D eigenvalue weighted by Gasteiger charge is -2.23. The lowest BCUT2D eigenvalue weighted by atomic mass is 10.0. The summed E-state index contributed by atoms with van der Waals surface area (Å²) in [6, 6.07) is 17.4. The highest BCUT2D eigenvalue weighted by atomic mass is 16.5. The van der Waals surface area contributed by atoms with Crippen molar-refractivity contribution in [1.29, 1.82) is 0 Å². The SMILES string of the molecule is CCCCCCCCCCCCCCCCCC(=O)OCn1ncc(-c2ccnc(-c3ccc(C(=O)NC4CCOCC4)cc3)c2)c1-c1ccccn1. The van der Waals surface area contributed by atoms with Crippen LogP contribution in [0, 0.1) is 0 Å². The van der Waals surface area contributed by atoms with Gasteiger partial charge in [-0.1, -0.05) is 115 Å². The number of esters is 1. The van der Waals surface area contributed by atoms with E-state index in [1.807, 2.05) is 54.6 Å². The zero-order valence-corrected chi connectivity index (χ0v) is 31.8. The van der Waals surface area contributed by atoms with Gasteiger partial charge in [-0.15, -0.1) is 0 Å². The molecular formula is C44H59N5O4. The third-order valence-corrected chi connectivity index (χ3v) is 10.1. The van der Waals surface area contributed by atoms with Crippen LogP contribution >= 0.6 is 0 Å². The first-order valence-electron chi connectivity index (χ1n) is 20.2. The number of ether oxygens (including phenoxy) is 2. The van der Waals surface area contributed by atoms with Crippen molar-refractivity contribution in [2.75, 3.05) is 13.2 Å². The third kappa shape index (κ3) is 13.2. The Kier molecular flexibility index (Phi) is 17.0. The molecule has 0 bridgehead atoms. The van der Waals surface area contributed by atoms with Gasteiger partial charge >= 0.3 is 5.97 Å². The van der Waals surface area contributed by atoms with Crippen LogP contribution in [-0.2, 0) is 21.0 Å². The summed E-state index contributed by atoms with van der Waals surface area (Å²) in [5, 5.41) is 7.74. The van der Waals surface area contributed by atoms with E-state index in [1.165, 1.54) is 83.5 Å². The molecule has 1 saturated heterocycles. The maximum atomic E-state index is 12.8. The molecule has 1 aliphatic rings. The molecule has 1 fully saturated rings. The molecule has 0 aliphatic carbocycles. The lowest BCUT2D eigenvalue weighted by Crippen LogP contribution is -2.38. The normalized spacial score (nSPS) is 13.2. The van der Waals surface area contributed by atoms with Crippen LogP contribution in [0.15, 0.2) is 73.2 Å². The molecule has 0 unspecified atom stereocenters. The van der Waals surface area contributed by atoms with E-state index in [4.69, 9.17) is 9.47 Å². The average molecular weight is 722 g/mol. The topological polar surface area (TPSA) is 108 Å². The smallest absolute Gasteiger partial charge is 0.307 e. The molecule has 53 heavy (non-hydrogen) atoms. The molecule has 5 rings (SSSR count). The van der Waals surface area contributed by atoms with Gasteiger partial charge in [0, 0.05) is 54.8 Å². The number of amides is 1. The molecular weight excluding hydrogens is 663 g/mol. The molecule has 0 saturated carbocycles. The van der Waals surface area contributed by atoms with Crippen molar-refractivity contribution in [1.82, 2.24) is 25.1 Å². The molecule has 9 heteroatoms. The van der Waals surface area contributed by atoms with E-state index in [1.54, 1.807) is 23.3 Å².